The van der Waals surface area contributed by atoms with Gasteiger partial charge in [-0.1, -0.05) is 23.7 Å². The average molecular weight is 338 g/mol. The highest BCUT2D eigenvalue weighted by Gasteiger charge is 2.26. The second-order valence-corrected chi connectivity index (χ2v) is 6.20. The first kappa shape index (κ1) is 15.5. The van der Waals surface area contributed by atoms with Crippen LogP contribution in [0.15, 0.2) is 41.1 Å². The maximum atomic E-state index is 12.4. The van der Waals surface area contributed by atoms with Crippen molar-refractivity contribution in [3.8, 4) is 0 Å². The fourth-order valence-electron chi connectivity index (χ4n) is 2.33. The van der Waals surface area contributed by atoms with Crippen LogP contribution in [0.3, 0.4) is 0 Å². The topological polar surface area (TPSA) is 47.6 Å². The molecule has 0 spiro atoms. The molecular weight excluding hydrogens is 322 g/mol. The summed E-state index contributed by atoms with van der Waals surface area (Å²) in [4.78, 5) is 12.4. The second kappa shape index (κ2) is 7.24. The number of halogens is 1. The van der Waals surface area contributed by atoms with Gasteiger partial charge in [-0.25, -0.2) is 0 Å². The van der Waals surface area contributed by atoms with Crippen LogP contribution in [0, 0.1) is 0 Å². The van der Waals surface area contributed by atoms with Gasteiger partial charge in [0.15, 0.2) is 6.10 Å². The first-order valence-electron chi connectivity index (χ1n) is 7.01. The summed E-state index contributed by atoms with van der Waals surface area (Å²) in [6.07, 6.45) is -0.554. The zero-order valence-corrected chi connectivity index (χ0v) is 13.4. The van der Waals surface area contributed by atoms with Gasteiger partial charge >= 0.3 is 0 Å². The average Bonchev–Trinajstić information content (AvgIpc) is 3.08. The molecule has 22 heavy (non-hydrogen) atoms. The summed E-state index contributed by atoms with van der Waals surface area (Å²) in [5.74, 6) is -0.161. The van der Waals surface area contributed by atoms with Gasteiger partial charge in [0, 0.05) is 5.02 Å². The van der Waals surface area contributed by atoms with E-state index in [-0.39, 0.29) is 11.9 Å². The third kappa shape index (κ3) is 3.67. The van der Waals surface area contributed by atoms with E-state index in [0.717, 1.165) is 11.1 Å². The highest BCUT2D eigenvalue weighted by Crippen LogP contribution is 2.25. The normalized spacial score (nSPS) is 19.6. The molecule has 1 saturated heterocycles. The van der Waals surface area contributed by atoms with Crippen LogP contribution in [-0.4, -0.2) is 31.8 Å². The first-order chi connectivity index (χ1) is 10.7. The molecule has 2 atom stereocenters. The Balaban J connectivity index is 1.79. The summed E-state index contributed by atoms with van der Waals surface area (Å²) in [5, 5.41) is 7.73. The van der Waals surface area contributed by atoms with Gasteiger partial charge < -0.3 is 14.8 Å². The van der Waals surface area contributed by atoms with Crippen molar-refractivity contribution >= 4 is 28.8 Å². The van der Waals surface area contributed by atoms with E-state index in [0.29, 0.717) is 24.8 Å². The zero-order valence-electron chi connectivity index (χ0n) is 11.8. The van der Waals surface area contributed by atoms with E-state index in [2.05, 4.69) is 5.32 Å². The Morgan fingerprint density at radius 1 is 1.23 bits per heavy atom. The Labute approximate surface area is 138 Å². The molecule has 1 amide bonds. The van der Waals surface area contributed by atoms with Crippen molar-refractivity contribution in [2.75, 3.05) is 19.8 Å². The van der Waals surface area contributed by atoms with E-state index >= 15 is 0 Å². The molecule has 1 aromatic carbocycles. The maximum Gasteiger partial charge on any atom is 0.252 e. The minimum Gasteiger partial charge on any atom is -0.376 e. The Morgan fingerprint density at radius 3 is 2.68 bits per heavy atom. The number of rotatable bonds is 4. The fraction of sp³-hybridized carbons (Fsp3) is 0.312. The summed E-state index contributed by atoms with van der Waals surface area (Å²) >= 11 is 7.54. The Hall–Kier alpha value is -1.40. The lowest BCUT2D eigenvalue weighted by Gasteiger charge is -2.25. The monoisotopic (exact) mass is 337 g/mol. The third-order valence-corrected chi connectivity index (χ3v) is 4.43. The number of ether oxygens (including phenoxy) is 2. The minimum atomic E-state index is -0.554. The lowest BCUT2D eigenvalue weighted by molar-refractivity contribution is -0.148. The lowest BCUT2D eigenvalue weighted by atomic mass is 10.0. The molecule has 3 rings (SSSR count). The summed E-state index contributed by atoms with van der Waals surface area (Å²) in [7, 11) is 0. The SMILES string of the molecule is O=C(N[C@@H](c1ccc(Cl)cc1)c1ccsc1)[C@@H]1COCCO1. The molecule has 0 bridgehead atoms. The molecule has 116 valence electrons. The summed E-state index contributed by atoms with van der Waals surface area (Å²) < 4.78 is 10.8. The molecule has 2 aromatic rings. The molecule has 1 aromatic heterocycles. The largest absolute Gasteiger partial charge is 0.376 e. The van der Waals surface area contributed by atoms with E-state index in [1.54, 1.807) is 11.3 Å². The maximum absolute atomic E-state index is 12.4. The third-order valence-electron chi connectivity index (χ3n) is 3.47. The van der Waals surface area contributed by atoms with Gasteiger partial charge in [0.05, 0.1) is 25.9 Å². The van der Waals surface area contributed by atoms with E-state index in [9.17, 15) is 4.79 Å². The number of hydrogen-bond donors (Lipinski definition) is 1. The van der Waals surface area contributed by atoms with Crippen molar-refractivity contribution in [2.45, 2.75) is 12.1 Å². The van der Waals surface area contributed by atoms with E-state index < -0.39 is 6.10 Å². The van der Waals surface area contributed by atoms with Crippen molar-refractivity contribution in [1.82, 2.24) is 5.32 Å². The molecule has 0 radical (unpaired) electrons. The van der Waals surface area contributed by atoms with Gasteiger partial charge in [0.25, 0.3) is 5.91 Å². The van der Waals surface area contributed by atoms with Crippen molar-refractivity contribution in [1.29, 1.82) is 0 Å². The van der Waals surface area contributed by atoms with E-state index in [1.807, 2.05) is 41.1 Å². The standard InChI is InChI=1S/C16H16ClNO3S/c17-13-3-1-11(2-4-13)15(12-5-8-22-10-12)18-16(19)14-9-20-6-7-21-14/h1-5,8,10,14-15H,6-7,9H2,(H,18,19)/t14-,15-/m0/s1. The highest BCUT2D eigenvalue weighted by molar-refractivity contribution is 7.08. The number of thiophene rings is 1. The molecular formula is C16H16ClNO3S. The number of nitrogens with one attached hydrogen (secondary N) is 1. The van der Waals surface area contributed by atoms with Crippen LogP contribution in [0.4, 0.5) is 0 Å². The van der Waals surface area contributed by atoms with Gasteiger partial charge in [-0.2, -0.15) is 11.3 Å². The van der Waals surface area contributed by atoms with Crippen molar-refractivity contribution in [2.24, 2.45) is 0 Å². The smallest absolute Gasteiger partial charge is 0.252 e. The van der Waals surface area contributed by atoms with Crippen LogP contribution in [0.5, 0.6) is 0 Å². The zero-order chi connectivity index (χ0) is 15.4. The summed E-state index contributed by atoms with van der Waals surface area (Å²) in [5.41, 5.74) is 2.02. The van der Waals surface area contributed by atoms with Gasteiger partial charge in [-0.15, -0.1) is 0 Å². The molecule has 0 saturated carbocycles. The highest BCUT2D eigenvalue weighted by atomic mass is 35.5. The predicted octanol–water partition coefficient (Wildman–Crippen LogP) is 3.02. The van der Waals surface area contributed by atoms with Crippen LogP contribution >= 0.6 is 22.9 Å². The fourth-order valence-corrected chi connectivity index (χ4v) is 3.14. The van der Waals surface area contributed by atoms with Crippen LogP contribution in [0.25, 0.3) is 0 Å². The quantitative estimate of drug-likeness (QED) is 0.933. The van der Waals surface area contributed by atoms with Crippen LogP contribution in [-0.2, 0) is 14.3 Å². The molecule has 1 aliphatic rings. The minimum absolute atomic E-state index is 0.161. The number of amides is 1. The lowest BCUT2D eigenvalue weighted by Crippen LogP contribution is -2.44. The van der Waals surface area contributed by atoms with Crippen molar-refractivity contribution in [3.05, 3.63) is 57.2 Å². The number of carbonyl (C=O) groups is 1. The predicted molar refractivity (Wildman–Crippen MR) is 86.3 cm³/mol. The Morgan fingerprint density at radius 2 is 2.05 bits per heavy atom. The Kier molecular flexibility index (Phi) is 5.10. The Bertz CT molecular complexity index is 609. The molecule has 2 heterocycles. The number of hydrogen-bond acceptors (Lipinski definition) is 4. The van der Waals surface area contributed by atoms with E-state index in [4.69, 9.17) is 21.1 Å². The van der Waals surface area contributed by atoms with Crippen LogP contribution < -0.4 is 5.32 Å². The van der Waals surface area contributed by atoms with Crippen molar-refractivity contribution < 1.29 is 14.3 Å². The molecule has 1 fully saturated rings. The molecule has 1 aliphatic heterocycles. The number of carbonyl (C=O) groups excluding carboxylic acids is 1. The molecule has 1 N–H and O–H groups in total. The molecule has 6 heteroatoms. The van der Waals surface area contributed by atoms with Crippen LogP contribution in [0.2, 0.25) is 5.02 Å². The molecule has 4 nitrogen and oxygen atoms in total. The van der Waals surface area contributed by atoms with Gasteiger partial charge in [-0.3, -0.25) is 4.79 Å². The van der Waals surface area contributed by atoms with Crippen molar-refractivity contribution in [3.63, 3.8) is 0 Å². The first-order valence-corrected chi connectivity index (χ1v) is 8.33. The second-order valence-electron chi connectivity index (χ2n) is 4.98. The van der Waals surface area contributed by atoms with Gasteiger partial charge in [-0.05, 0) is 40.1 Å². The molecule has 0 aliphatic carbocycles. The van der Waals surface area contributed by atoms with Gasteiger partial charge in [0.1, 0.15) is 0 Å². The number of benzene rings is 1. The summed E-state index contributed by atoms with van der Waals surface area (Å²) in [6, 6.07) is 9.27. The van der Waals surface area contributed by atoms with Crippen LogP contribution in [0.1, 0.15) is 17.2 Å². The summed E-state index contributed by atoms with van der Waals surface area (Å²) in [6.45, 7) is 1.28. The van der Waals surface area contributed by atoms with E-state index in [1.165, 1.54) is 0 Å². The molecule has 0 unspecified atom stereocenters. The van der Waals surface area contributed by atoms with Gasteiger partial charge in [0.2, 0.25) is 0 Å².